The summed E-state index contributed by atoms with van der Waals surface area (Å²) >= 11 is 9.62. The van der Waals surface area contributed by atoms with Crippen LogP contribution in [0.4, 0.5) is 5.69 Å². The van der Waals surface area contributed by atoms with Crippen molar-refractivity contribution in [3.05, 3.63) is 45.9 Å². The van der Waals surface area contributed by atoms with Crippen molar-refractivity contribution in [1.82, 2.24) is 9.55 Å². The fraction of sp³-hybridized carbons (Fsp3) is 0.188. The summed E-state index contributed by atoms with van der Waals surface area (Å²) in [5.74, 6) is 0.898. The smallest absolute Gasteiger partial charge is 0.141 e. The molecule has 0 aliphatic rings. The monoisotopic (exact) mass is 363 g/mol. The zero-order valence-electron chi connectivity index (χ0n) is 11.8. The van der Waals surface area contributed by atoms with Gasteiger partial charge in [0.2, 0.25) is 0 Å². The van der Waals surface area contributed by atoms with Crippen LogP contribution in [-0.2, 0) is 0 Å². The Hall–Kier alpha value is -1.52. The maximum Gasteiger partial charge on any atom is 0.141 e. The lowest BCUT2D eigenvalue weighted by Crippen LogP contribution is -2.03. The van der Waals surface area contributed by atoms with Crippen LogP contribution < -0.4 is 5.73 Å². The van der Waals surface area contributed by atoms with Gasteiger partial charge in [0.25, 0.3) is 0 Å². The Morgan fingerprint density at radius 2 is 1.95 bits per heavy atom. The van der Waals surface area contributed by atoms with Gasteiger partial charge in [-0.05, 0) is 50.2 Å². The van der Waals surface area contributed by atoms with E-state index in [1.807, 2.05) is 36.4 Å². The Labute approximate surface area is 136 Å². The fourth-order valence-corrected chi connectivity index (χ4v) is 3.21. The first-order chi connectivity index (χ1) is 9.95. The zero-order chi connectivity index (χ0) is 15.1. The van der Waals surface area contributed by atoms with Crippen molar-refractivity contribution in [2.45, 2.75) is 19.9 Å². The lowest BCUT2D eigenvalue weighted by atomic mass is 10.2. The highest BCUT2D eigenvalue weighted by molar-refractivity contribution is 9.10. The number of rotatable bonds is 2. The number of halogens is 2. The highest BCUT2D eigenvalue weighted by Crippen LogP contribution is 2.32. The van der Waals surface area contributed by atoms with E-state index in [9.17, 15) is 0 Å². The maximum atomic E-state index is 6.13. The average Bonchev–Trinajstić information content (AvgIpc) is 2.76. The summed E-state index contributed by atoms with van der Waals surface area (Å²) in [6, 6.07) is 11.9. The summed E-state index contributed by atoms with van der Waals surface area (Å²) in [6.07, 6.45) is 0. The molecule has 0 aliphatic carbocycles. The highest BCUT2D eigenvalue weighted by Gasteiger charge is 2.16. The number of hydrogen-bond donors (Lipinski definition) is 1. The van der Waals surface area contributed by atoms with E-state index >= 15 is 0 Å². The molecular weight excluding hydrogens is 350 g/mol. The molecule has 21 heavy (non-hydrogen) atoms. The van der Waals surface area contributed by atoms with Crippen LogP contribution in [0.25, 0.3) is 22.4 Å². The molecule has 0 radical (unpaired) electrons. The van der Waals surface area contributed by atoms with Crippen molar-refractivity contribution in [1.29, 1.82) is 0 Å². The van der Waals surface area contributed by atoms with Crippen LogP contribution in [0.5, 0.6) is 0 Å². The molecule has 1 aromatic heterocycles. The Morgan fingerprint density at radius 1 is 1.19 bits per heavy atom. The standard InChI is InChI=1S/C16H15BrClN3/c1-9(2)21-15-8-12(18)3-4-14(15)20-16(21)10-5-11(17)7-13(19)6-10/h3-9H,19H2,1-2H3. The van der Waals surface area contributed by atoms with Crippen LogP contribution in [0.1, 0.15) is 19.9 Å². The minimum atomic E-state index is 0.267. The van der Waals surface area contributed by atoms with Gasteiger partial charge in [-0.15, -0.1) is 0 Å². The van der Waals surface area contributed by atoms with Gasteiger partial charge in [-0.1, -0.05) is 27.5 Å². The predicted octanol–water partition coefficient (Wildman–Crippen LogP) is 5.28. The lowest BCUT2D eigenvalue weighted by Gasteiger charge is -2.14. The molecule has 0 amide bonds. The quantitative estimate of drug-likeness (QED) is 0.628. The molecule has 0 fully saturated rings. The summed E-state index contributed by atoms with van der Waals surface area (Å²) in [7, 11) is 0. The molecule has 0 atom stereocenters. The molecule has 108 valence electrons. The second kappa shape index (κ2) is 5.35. The van der Waals surface area contributed by atoms with E-state index < -0.39 is 0 Å². The lowest BCUT2D eigenvalue weighted by molar-refractivity contribution is 0.624. The van der Waals surface area contributed by atoms with Gasteiger partial charge < -0.3 is 10.3 Å². The van der Waals surface area contributed by atoms with Crippen LogP contribution in [0, 0.1) is 0 Å². The first-order valence-corrected chi connectivity index (χ1v) is 7.87. The van der Waals surface area contributed by atoms with E-state index in [0.717, 1.165) is 26.9 Å². The molecule has 2 N–H and O–H groups in total. The molecular formula is C16H15BrClN3. The zero-order valence-corrected chi connectivity index (χ0v) is 14.1. The van der Waals surface area contributed by atoms with Crippen LogP contribution in [0.3, 0.4) is 0 Å². The predicted molar refractivity (Wildman–Crippen MR) is 92.7 cm³/mol. The Balaban J connectivity index is 2.33. The summed E-state index contributed by atoms with van der Waals surface area (Å²) < 4.78 is 3.13. The summed E-state index contributed by atoms with van der Waals surface area (Å²) in [6.45, 7) is 4.26. The Bertz CT molecular complexity index is 803. The molecule has 0 bridgehead atoms. The molecule has 0 spiro atoms. The van der Waals surface area contributed by atoms with E-state index in [1.54, 1.807) is 0 Å². The number of aromatic nitrogens is 2. The molecule has 0 aliphatic heterocycles. The van der Waals surface area contributed by atoms with Crippen molar-refractivity contribution < 1.29 is 0 Å². The highest BCUT2D eigenvalue weighted by atomic mass is 79.9. The Morgan fingerprint density at radius 3 is 2.62 bits per heavy atom. The van der Waals surface area contributed by atoms with Crippen molar-refractivity contribution in [3.8, 4) is 11.4 Å². The van der Waals surface area contributed by atoms with E-state index in [2.05, 4.69) is 34.3 Å². The molecule has 1 heterocycles. The van der Waals surface area contributed by atoms with E-state index in [1.165, 1.54) is 0 Å². The van der Waals surface area contributed by atoms with E-state index in [-0.39, 0.29) is 6.04 Å². The van der Waals surface area contributed by atoms with E-state index in [4.69, 9.17) is 22.3 Å². The van der Waals surface area contributed by atoms with Crippen LogP contribution in [0.15, 0.2) is 40.9 Å². The van der Waals surface area contributed by atoms with Gasteiger partial charge in [-0.2, -0.15) is 0 Å². The van der Waals surface area contributed by atoms with Gasteiger partial charge in [-0.3, -0.25) is 0 Å². The third kappa shape index (κ3) is 2.65. The number of fused-ring (bicyclic) bond motifs is 1. The largest absolute Gasteiger partial charge is 0.399 e. The van der Waals surface area contributed by atoms with Gasteiger partial charge >= 0.3 is 0 Å². The second-order valence-corrected chi connectivity index (χ2v) is 6.66. The van der Waals surface area contributed by atoms with Crippen LogP contribution in [0.2, 0.25) is 5.02 Å². The molecule has 3 aromatic rings. The maximum absolute atomic E-state index is 6.13. The van der Waals surface area contributed by atoms with Gasteiger partial charge in [0.05, 0.1) is 11.0 Å². The summed E-state index contributed by atoms with van der Waals surface area (Å²) in [5, 5.41) is 0.713. The van der Waals surface area contributed by atoms with Gasteiger partial charge in [0, 0.05) is 26.8 Å². The number of nitrogens with two attached hydrogens (primary N) is 1. The molecule has 2 aromatic carbocycles. The molecule has 0 unspecified atom stereocenters. The van der Waals surface area contributed by atoms with Crippen molar-refractivity contribution in [2.24, 2.45) is 0 Å². The van der Waals surface area contributed by atoms with Crippen LogP contribution in [-0.4, -0.2) is 9.55 Å². The third-order valence-electron chi connectivity index (χ3n) is 3.35. The number of nitrogens with zero attached hydrogens (tertiary/aromatic N) is 2. The first-order valence-electron chi connectivity index (χ1n) is 6.69. The van der Waals surface area contributed by atoms with Gasteiger partial charge in [-0.25, -0.2) is 4.98 Å². The summed E-state index contributed by atoms with van der Waals surface area (Å²) in [5.41, 5.74) is 9.62. The van der Waals surface area contributed by atoms with Crippen LogP contribution >= 0.6 is 27.5 Å². The number of benzene rings is 2. The summed E-state index contributed by atoms with van der Waals surface area (Å²) in [4.78, 5) is 4.76. The SMILES string of the molecule is CC(C)n1c(-c2cc(N)cc(Br)c2)nc2ccc(Cl)cc21. The number of hydrogen-bond acceptors (Lipinski definition) is 2. The number of imidazole rings is 1. The fourth-order valence-electron chi connectivity index (χ4n) is 2.53. The molecule has 3 nitrogen and oxygen atoms in total. The van der Waals surface area contributed by atoms with Crippen molar-refractivity contribution >= 4 is 44.3 Å². The minimum absolute atomic E-state index is 0.267. The average molecular weight is 365 g/mol. The molecule has 5 heteroatoms. The number of nitrogen functional groups attached to an aromatic ring is 1. The molecule has 3 rings (SSSR count). The van der Waals surface area contributed by atoms with Crippen molar-refractivity contribution in [2.75, 3.05) is 5.73 Å². The molecule has 0 saturated carbocycles. The normalized spacial score (nSPS) is 11.5. The second-order valence-electron chi connectivity index (χ2n) is 5.31. The van der Waals surface area contributed by atoms with Gasteiger partial charge in [0.15, 0.2) is 0 Å². The van der Waals surface area contributed by atoms with Crippen molar-refractivity contribution in [3.63, 3.8) is 0 Å². The Kier molecular flexibility index (Phi) is 3.68. The third-order valence-corrected chi connectivity index (χ3v) is 4.04. The minimum Gasteiger partial charge on any atom is -0.399 e. The van der Waals surface area contributed by atoms with Gasteiger partial charge in [0.1, 0.15) is 5.82 Å². The number of anilines is 1. The first kappa shape index (κ1) is 14.4. The molecule has 0 saturated heterocycles. The van der Waals surface area contributed by atoms with E-state index in [0.29, 0.717) is 10.7 Å². The topological polar surface area (TPSA) is 43.8 Å².